The third-order valence-corrected chi connectivity index (χ3v) is 7.20. The predicted molar refractivity (Wildman–Crippen MR) is 95.0 cm³/mol. The summed E-state index contributed by atoms with van der Waals surface area (Å²) in [5, 5.41) is 9.24. The molecule has 2 fully saturated rings. The van der Waals surface area contributed by atoms with Crippen LogP contribution in [0.1, 0.15) is 31.2 Å². The molecular formula is C18H24N2O5S. The lowest BCUT2D eigenvalue weighted by molar-refractivity contribution is -0.150. The Labute approximate surface area is 153 Å². The van der Waals surface area contributed by atoms with Crippen LogP contribution < -0.4 is 0 Å². The first-order valence-corrected chi connectivity index (χ1v) is 10.3. The second kappa shape index (κ2) is 7.36. The van der Waals surface area contributed by atoms with Gasteiger partial charge in [0.05, 0.1) is 4.90 Å². The number of benzene rings is 1. The minimum Gasteiger partial charge on any atom is -0.480 e. The molecule has 2 saturated heterocycles. The zero-order valence-corrected chi connectivity index (χ0v) is 15.6. The van der Waals surface area contributed by atoms with Gasteiger partial charge in [-0.25, -0.2) is 13.2 Å². The van der Waals surface area contributed by atoms with E-state index in [1.54, 1.807) is 24.3 Å². The van der Waals surface area contributed by atoms with Gasteiger partial charge in [0.2, 0.25) is 15.9 Å². The summed E-state index contributed by atoms with van der Waals surface area (Å²) in [7, 11) is -3.56. The Kier molecular flexibility index (Phi) is 5.34. The van der Waals surface area contributed by atoms with Crippen molar-refractivity contribution in [2.24, 2.45) is 5.92 Å². The van der Waals surface area contributed by atoms with Gasteiger partial charge in [-0.2, -0.15) is 4.31 Å². The van der Waals surface area contributed by atoms with Gasteiger partial charge in [0.1, 0.15) is 6.04 Å². The van der Waals surface area contributed by atoms with Crippen LogP contribution >= 0.6 is 0 Å². The van der Waals surface area contributed by atoms with E-state index in [1.807, 2.05) is 6.92 Å². The summed E-state index contributed by atoms with van der Waals surface area (Å²) in [5.74, 6) is -1.42. The highest BCUT2D eigenvalue weighted by Gasteiger charge is 2.39. The van der Waals surface area contributed by atoms with Crippen molar-refractivity contribution in [2.75, 3.05) is 19.6 Å². The van der Waals surface area contributed by atoms with Crippen molar-refractivity contribution in [3.05, 3.63) is 29.8 Å². The monoisotopic (exact) mass is 380 g/mol. The second-order valence-corrected chi connectivity index (χ2v) is 8.96. The van der Waals surface area contributed by atoms with E-state index in [-0.39, 0.29) is 29.8 Å². The van der Waals surface area contributed by atoms with Gasteiger partial charge in [-0.3, -0.25) is 4.79 Å². The van der Waals surface area contributed by atoms with Crippen LogP contribution in [0, 0.1) is 12.8 Å². The number of piperidine rings is 1. The van der Waals surface area contributed by atoms with E-state index in [2.05, 4.69) is 0 Å². The number of hydrogen-bond acceptors (Lipinski definition) is 4. The van der Waals surface area contributed by atoms with Gasteiger partial charge in [0.25, 0.3) is 0 Å². The molecule has 8 heteroatoms. The number of nitrogens with zero attached hydrogens (tertiary/aromatic N) is 2. The van der Waals surface area contributed by atoms with Gasteiger partial charge in [-0.1, -0.05) is 17.7 Å². The highest BCUT2D eigenvalue weighted by molar-refractivity contribution is 7.89. The normalized spacial score (nSPS) is 22.5. The summed E-state index contributed by atoms with van der Waals surface area (Å²) in [6.07, 6.45) is 2.03. The van der Waals surface area contributed by atoms with Crippen LogP contribution in [-0.4, -0.2) is 60.3 Å². The Morgan fingerprint density at radius 3 is 2.23 bits per heavy atom. The number of aliphatic carboxylic acids is 1. The molecule has 0 spiro atoms. The van der Waals surface area contributed by atoms with Gasteiger partial charge in [0, 0.05) is 25.6 Å². The number of aryl methyl sites for hydroxylation is 1. The second-order valence-electron chi connectivity index (χ2n) is 7.02. The highest BCUT2D eigenvalue weighted by Crippen LogP contribution is 2.28. The lowest BCUT2D eigenvalue weighted by atomic mass is 9.96. The molecule has 1 aromatic rings. The molecule has 142 valence electrons. The fraction of sp³-hybridized carbons (Fsp3) is 0.556. The molecule has 1 N–H and O–H groups in total. The number of rotatable bonds is 4. The van der Waals surface area contributed by atoms with Gasteiger partial charge < -0.3 is 10.0 Å². The standard InChI is InChI=1S/C18H24N2O5S/c1-13-4-6-15(7-5-13)26(24,25)19-11-8-14(9-12-19)17(21)20-10-2-3-16(20)18(22)23/h4-7,14,16H,2-3,8-12H2,1H3,(H,22,23)/t16-/m1/s1. The molecule has 2 aliphatic heterocycles. The zero-order valence-electron chi connectivity index (χ0n) is 14.8. The van der Waals surface area contributed by atoms with Crippen molar-refractivity contribution in [3.8, 4) is 0 Å². The average Bonchev–Trinajstić information content (AvgIpc) is 3.11. The zero-order chi connectivity index (χ0) is 18.9. The van der Waals surface area contributed by atoms with Crippen molar-refractivity contribution in [1.29, 1.82) is 0 Å². The summed E-state index contributed by atoms with van der Waals surface area (Å²) in [5.41, 5.74) is 0.992. The Morgan fingerprint density at radius 2 is 1.65 bits per heavy atom. The third kappa shape index (κ3) is 3.61. The number of carboxylic acids is 1. The van der Waals surface area contributed by atoms with E-state index in [0.29, 0.717) is 32.2 Å². The molecule has 1 amide bonds. The van der Waals surface area contributed by atoms with Gasteiger partial charge in [-0.05, 0) is 44.7 Å². The molecule has 0 unspecified atom stereocenters. The van der Waals surface area contributed by atoms with Crippen molar-refractivity contribution in [1.82, 2.24) is 9.21 Å². The number of sulfonamides is 1. The Hall–Kier alpha value is -1.93. The van der Waals surface area contributed by atoms with Gasteiger partial charge in [0.15, 0.2) is 0 Å². The van der Waals surface area contributed by atoms with Crippen LogP contribution in [0.5, 0.6) is 0 Å². The summed E-state index contributed by atoms with van der Waals surface area (Å²) >= 11 is 0. The molecule has 1 atom stereocenters. The van der Waals surface area contributed by atoms with E-state index in [1.165, 1.54) is 9.21 Å². The minimum absolute atomic E-state index is 0.151. The Bertz CT molecular complexity index is 782. The quantitative estimate of drug-likeness (QED) is 0.854. The van der Waals surface area contributed by atoms with Gasteiger partial charge >= 0.3 is 5.97 Å². The minimum atomic E-state index is -3.56. The molecule has 1 aromatic carbocycles. The van der Waals surface area contributed by atoms with E-state index in [4.69, 9.17) is 0 Å². The molecule has 7 nitrogen and oxygen atoms in total. The van der Waals surface area contributed by atoms with E-state index < -0.39 is 22.0 Å². The predicted octanol–water partition coefficient (Wildman–Crippen LogP) is 1.47. The molecule has 0 bridgehead atoms. The number of likely N-dealkylation sites (tertiary alicyclic amines) is 1. The summed E-state index contributed by atoms with van der Waals surface area (Å²) in [6.45, 7) is 2.92. The van der Waals surface area contributed by atoms with E-state index in [0.717, 1.165) is 5.56 Å². The first-order chi connectivity index (χ1) is 12.3. The van der Waals surface area contributed by atoms with E-state index >= 15 is 0 Å². The van der Waals surface area contributed by atoms with Crippen LogP contribution in [0.4, 0.5) is 0 Å². The molecule has 2 heterocycles. The van der Waals surface area contributed by atoms with Crippen LogP contribution in [-0.2, 0) is 19.6 Å². The summed E-state index contributed by atoms with van der Waals surface area (Å²) in [6, 6.07) is 6.00. The van der Waals surface area contributed by atoms with E-state index in [9.17, 15) is 23.1 Å². The molecular weight excluding hydrogens is 356 g/mol. The average molecular weight is 380 g/mol. The first kappa shape index (κ1) is 18.8. The maximum atomic E-state index is 12.7. The molecule has 3 rings (SSSR count). The van der Waals surface area contributed by atoms with Crippen molar-refractivity contribution >= 4 is 21.9 Å². The molecule has 26 heavy (non-hydrogen) atoms. The molecule has 0 aromatic heterocycles. The lowest BCUT2D eigenvalue weighted by Crippen LogP contribution is -2.47. The number of carbonyl (C=O) groups excluding carboxylic acids is 1. The number of amides is 1. The number of carboxylic acid groups (broad SMARTS) is 1. The maximum absolute atomic E-state index is 12.7. The SMILES string of the molecule is Cc1ccc(S(=O)(=O)N2CCC(C(=O)N3CCC[C@@H]3C(=O)O)CC2)cc1. The largest absolute Gasteiger partial charge is 0.480 e. The fourth-order valence-electron chi connectivity index (χ4n) is 3.72. The van der Waals surface area contributed by atoms with Crippen LogP contribution in [0.2, 0.25) is 0 Å². The smallest absolute Gasteiger partial charge is 0.326 e. The van der Waals surface area contributed by atoms with Crippen molar-refractivity contribution in [3.63, 3.8) is 0 Å². The third-order valence-electron chi connectivity index (χ3n) is 5.28. The number of hydrogen-bond donors (Lipinski definition) is 1. The topological polar surface area (TPSA) is 95.0 Å². The Morgan fingerprint density at radius 1 is 1.04 bits per heavy atom. The maximum Gasteiger partial charge on any atom is 0.326 e. The number of carbonyl (C=O) groups is 2. The Balaban J connectivity index is 1.64. The van der Waals surface area contributed by atoms with Crippen LogP contribution in [0.25, 0.3) is 0 Å². The molecule has 0 aliphatic carbocycles. The highest BCUT2D eigenvalue weighted by atomic mass is 32.2. The van der Waals surface area contributed by atoms with Crippen LogP contribution in [0.15, 0.2) is 29.2 Å². The molecule has 2 aliphatic rings. The first-order valence-electron chi connectivity index (χ1n) is 8.91. The van der Waals surface area contributed by atoms with Gasteiger partial charge in [-0.15, -0.1) is 0 Å². The molecule has 0 radical (unpaired) electrons. The lowest BCUT2D eigenvalue weighted by Gasteiger charge is -2.33. The molecule has 0 saturated carbocycles. The fourth-order valence-corrected chi connectivity index (χ4v) is 5.19. The van der Waals surface area contributed by atoms with Crippen molar-refractivity contribution < 1.29 is 23.1 Å². The summed E-state index contributed by atoms with van der Waals surface area (Å²) < 4.78 is 26.9. The summed E-state index contributed by atoms with van der Waals surface area (Å²) in [4.78, 5) is 25.7. The van der Waals surface area contributed by atoms with Crippen LogP contribution in [0.3, 0.4) is 0 Å². The van der Waals surface area contributed by atoms with Crippen molar-refractivity contribution in [2.45, 2.75) is 43.5 Å².